The van der Waals surface area contributed by atoms with Crippen molar-refractivity contribution in [2.24, 2.45) is 0 Å². The molecule has 0 radical (unpaired) electrons. The summed E-state index contributed by atoms with van der Waals surface area (Å²) < 4.78 is 16.1. The fourth-order valence-electron chi connectivity index (χ4n) is 3.52. The fourth-order valence-corrected chi connectivity index (χ4v) is 3.52. The maximum absolute atomic E-state index is 13.0. The second kappa shape index (κ2) is 8.34. The second-order valence-corrected chi connectivity index (χ2v) is 6.56. The molecule has 0 unspecified atom stereocenters. The molecular weight excluding hydrogens is 374 g/mol. The standard InChI is InChI=1S/C22H23NO6/c1-5-27-21(25)17-12(3)29-13(4)18(22(26)28-6-2)19(17)15-11-14-9-7-8-10-16(14)23-20(15)24/h7-11,19H,5-6H2,1-4H3,(H,23,24). The van der Waals surface area contributed by atoms with E-state index in [9.17, 15) is 14.4 Å². The van der Waals surface area contributed by atoms with Crippen molar-refractivity contribution in [3.05, 3.63) is 68.9 Å². The molecule has 7 heteroatoms. The average molecular weight is 397 g/mol. The van der Waals surface area contributed by atoms with Gasteiger partial charge in [0.15, 0.2) is 0 Å². The summed E-state index contributed by atoms with van der Waals surface area (Å²) in [7, 11) is 0. The molecule has 152 valence electrons. The van der Waals surface area contributed by atoms with Gasteiger partial charge >= 0.3 is 11.9 Å². The van der Waals surface area contributed by atoms with Crippen LogP contribution in [0.4, 0.5) is 0 Å². The first-order valence-corrected chi connectivity index (χ1v) is 9.44. The van der Waals surface area contributed by atoms with Crippen molar-refractivity contribution in [3.63, 3.8) is 0 Å². The summed E-state index contributed by atoms with van der Waals surface area (Å²) in [5.41, 5.74) is 0.726. The van der Waals surface area contributed by atoms with Crippen molar-refractivity contribution in [2.75, 3.05) is 13.2 Å². The van der Waals surface area contributed by atoms with E-state index in [0.717, 1.165) is 5.39 Å². The highest BCUT2D eigenvalue weighted by atomic mass is 16.5. The van der Waals surface area contributed by atoms with Crippen molar-refractivity contribution in [3.8, 4) is 0 Å². The van der Waals surface area contributed by atoms with E-state index in [1.807, 2.05) is 18.2 Å². The summed E-state index contributed by atoms with van der Waals surface area (Å²) in [6.45, 7) is 6.88. The Morgan fingerprint density at radius 1 is 1.00 bits per heavy atom. The summed E-state index contributed by atoms with van der Waals surface area (Å²) in [4.78, 5) is 41.3. The molecule has 0 saturated heterocycles. The molecule has 3 rings (SSSR count). The number of carbonyl (C=O) groups excluding carboxylic acids is 2. The van der Waals surface area contributed by atoms with Crippen molar-refractivity contribution in [1.82, 2.24) is 4.98 Å². The van der Waals surface area contributed by atoms with Gasteiger partial charge in [0.25, 0.3) is 5.56 Å². The predicted molar refractivity (Wildman–Crippen MR) is 107 cm³/mol. The zero-order valence-corrected chi connectivity index (χ0v) is 16.8. The molecule has 2 aromatic rings. The summed E-state index contributed by atoms with van der Waals surface area (Å²) in [5, 5.41) is 0.773. The van der Waals surface area contributed by atoms with Crippen LogP contribution in [0.3, 0.4) is 0 Å². The van der Waals surface area contributed by atoms with Gasteiger partial charge in [-0.05, 0) is 45.2 Å². The minimum atomic E-state index is -0.963. The molecule has 0 aliphatic carbocycles. The van der Waals surface area contributed by atoms with E-state index in [4.69, 9.17) is 14.2 Å². The monoisotopic (exact) mass is 397 g/mol. The molecule has 0 fully saturated rings. The number of esters is 2. The summed E-state index contributed by atoms with van der Waals surface area (Å²) in [5.74, 6) is -1.68. The zero-order valence-electron chi connectivity index (χ0n) is 16.8. The number of aromatic nitrogens is 1. The van der Waals surface area contributed by atoms with Gasteiger partial charge in [0, 0.05) is 11.1 Å². The number of carbonyl (C=O) groups is 2. The van der Waals surface area contributed by atoms with Gasteiger partial charge in [-0.15, -0.1) is 0 Å². The Kier molecular flexibility index (Phi) is 5.87. The molecule has 1 aliphatic rings. The van der Waals surface area contributed by atoms with Crippen LogP contribution in [0.25, 0.3) is 10.9 Å². The number of allylic oxidation sites excluding steroid dienone is 2. The van der Waals surface area contributed by atoms with Gasteiger partial charge in [-0.25, -0.2) is 9.59 Å². The van der Waals surface area contributed by atoms with E-state index < -0.39 is 23.4 Å². The van der Waals surface area contributed by atoms with Crippen LogP contribution in [-0.2, 0) is 23.8 Å². The molecular formula is C22H23NO6. The Morgan fingerprint density at radius 3 is 2.10 bits per heavy atom. The van der Waals surface area contributed by atoms with Crippen LogP contribution in [0.1, 0.15) is 39.2 Å². The number of ether oxygens (including phenoxy) is 3. The lowest BCUT2D eigenvalue weighted by Crippen LogP contribution is -2.31. The number of fused-ring (bicyclic) bond motifs is 1. The number of H-pyrrole nitrogens is 1. The van der Waals surface area contributed by atoms with E-state index in [-0.39, 0.29) is 41.4 Å². The molecule has 0 amide bonds. The van der Waals surface area contributed by atoms with Crippen molar-refractivity contribution in [2.45, 2.75) is 33.6 Å². The lowest BCUT2D eigenvalue weighted by Gasteiger charge is -2.29. The van der Waals surface area contributed by atoms with E-state index in [1.54, 1.807) is 39.8 Å². The molecule has 0 saturated carbocycles. The number of pyridine rings is 1. The van der Waals surface area contributed by atoms with Crippen LogP contribution in [0.15, 0.2) is 57.8 Å². The first-order valence-electron chi connectivity index (χ1n) is 9.44. The third-order valence-electron chi connectivity index (χ3n) is 4.73. The van der Waals surface area contributed by atoms with Crippen molar-refractivity contribution < 1.29 is 23.8 Å². The maximum Gasteiger partial charge on any atom is 0.338 e. The zero-order chi connectivity index (χ0) is 21.1. The Hall–Kier alpha value is -3.35. The van der Waals surface area contributed by atoms with Gasteiger partial charge in [0.1, 0.15) is 11.5 Å². The van der Waals surface area contributed by atoms with E-state index in [1.165, 1.54) is 0 Å². The number of para-hydroxylation sites is 1. The number of hydrogen-bond donors (Lipinski definition) is 1. The van der Waals surface area contributed by atoms with Crippen LogP contribution >= 0.6 is 0 Å². The maximum atomic E-state index is 13.0. The van der Waals surface area contributed by atoms with Crippen LogP contribution in [0.5, 0.6) is 0 Å². The molecule has 29 heavy (non-hydrogen) atoms. The third-order valence-corrected chi connectivity index (χ3v) is 4.73. The summed E-state index contributed by atoms with van der Waals surface area (Å²) in [6.07, 6.45) is 0. The van der Waals surface area contributed by atoms with Crippen molar-refractivity contribution in [1.29, 1.82) is 0 Å². The number of rotatable bonds is 5. The lowest BCUT2D eigenvalue weighted by molar-refractivity contribution is -0.140. The normalized spacial score (nSPS) is 14.8. The Bertz CT molecular complexity index is 1050. The van der Waals surface area contributed by atoms with Crippen molar-refractivity contribution >= 4 is 22.8 Å². The first kappa shape index (κ1) is 20.4. The van der Waals surface area contributed by atoms with Gasteiger partial charge in [-0.2, -0.15) is 0 Å². The first-order chi connectivity index (χ1) is 13.9. The smallest absolute Gasteiger partial charge is 0.338 e. The highest BCUT2D eigenvalue weighted by Gasteiger charge is 2.40. The highest BCUT2D eigenvalue weighted by molar-refractivity contribution is 5.99. The number of hydrogen-bond acceptors (Lipinski definition) is 6. The fraction of sp³-hybridized carbons (Fsp3) is 0.318. The average Bonchev–Trinajstić information content (AvgIpc) is 2.67. The molecule has 1 N–H and O–H groups in total. The minimum Gasteiger partial charge on any atom is -0.465 e. The van der Waals surface area contributed by atoms with Gasteiger partial charge in [0.05, 0.1) is 30.3 Å². The quantitative estimate of drug-likeness (QED) is 0.778. The van der Waals surface area contributed by atoms with Crippen LogP contribution in [-0.4, -0.2) is 30.1 Å². The topological polar surface area (TPSA) is 94.7 Å². The SMILES string of the molecule is CCOC(=O)C1=C(C)OC(C)=C(C(=O)OCC)C1c1cc2ccccc2[nH]c1=O. The molecule has 2 heterocycles. The van der Waals surface area contributed by atoms with E-state index in [0.29, 0.717) is 5.52 Å². The van der Waals surface area contributed by atoms with Gasteiger partial charge < -0.3 is 19.2 Å². The van der Waals surface area contributed by atoms with Crippen LogP contribution < -0.4 is 5.56 Å². The molecule has 7 nitrogen and oxygen atoms in total. The number of benzene rings is 1. The lowest BCUT2D eigenvalue weighted by atomic mass is 9.82. The summed E-state index contributed by atoms with van der Waals surface area (Å²) in [6, 6.07) is 8.97. The third kappa shape index (κ3) is 3.81. The second-order valence-electron chi connectivity index (χ2n) is 6.56. The summed E-state index contributed by atoms with van der Waals surface area (Å²) >= 11 is 0. The predicted octanol–water partition coefficient (Wildman–Crippen LogP) is 3.32. The van der Waals surface area contributed by atoms with E-state index in [2.05, 4.69) is 4.98 Å². The Balaban J connectivity index is 2.28. The number of nitrogens with one attached hydrogen (secondary N) is 1. The molecule has 0 bridgehead atoms. The van der Waals surface area contributed by atoms with Crippen LogP contribution in [0.2, 0.25) is 0 Å². The number of aromatic amines is 1. The Morgan fingerprint density at radius 2 is 1.55 bits per heavy atom. The van der Waals surface area contributed by atoms with E-state index >= 15 is 0 Å². The Labute approximate surface area is 168 Å². The molecule has 1 aromatic carbocycles. The van der Waals surface area contributed by atoms with Gasteiger partial charge in [0.2, 0.25) is 0 Å². The highest BCUT2D eigenvalue weighted by Crippen LogP contribution is 2.40. The van der Waals surface area contributed by atoms with Crippen LogP contribution in [0, 0.1) is 0 Å². The minimum absolute atomic E-state index is 0.112. The molecule has 1 aliphatic heterocycles. The molecule has 0 spiro atoms. The van der Waals surface area contributed by atoms with Gasteiger partial charge in [-0.3, -0.25) is 4.79 Å². The molecule has 0 atom stereocenters. The van der Waals surface area contributed by atoms with Gasteiger partial charge in [-0.1, -0.05) is 18.2 Å². The largest absolute Gasteiger partial charge is 0.465 e. The molecule has 1 aromatic heterocycles.